The van der Waals surface area contributed by atoms with Gasteiger partial charge in [-0.15, -0.1) is 0 Å². The Morgan fingerprint density at radius 2 is 2.16 bits per heavy atom. The van der Waals surface area contributed by atoms with Crippen molar-refractivity contribution in [1.82, 2.24) is 5.32 Å². The molecular weight excluding hydrogens is 241 g/mol. The second-order valence-corrected chi connectivity index (χ2v) is 5.17. The highest BCUT2D eigenvalue weighted by Gasteiger charge is 2.06. The Kier molecular flexibility index (Phi) is 6.57. The Morgan fingerprint density at radius 3 is 2.79 bits per heavy atom. The third-order valence-electron chi connectivity index (χ3n) is 2.82. The lowest BCUT2D eigenvalue weighted by molar-refractivity contribution is 0.343. The van der Waals surface area contributed by atoms with Gasteiger partial charge in [0.15, 0.2) is 0 Å². The van der Waals surface area contributed by atoms with Crippen LogP contribution in [0.25, 0.3) is 0 Å². The number of benzene rings is 1. The fraction of sp³-hybridized carbons (Fsp3) is 0.500. The predicted molar refractivity (Wildman–Crippen MR) is 77.9 cm³/mol. The van der Waals surface area contributed by atoms with Gasteiger partial charge < -0.3 is 10.1 Å². The van der Waals surface area contributed by atoms with Crippen molar-refractivity contribution < 1.29 is 9.13 Å². The topological polar surface area (TPSA) is 21.3 Å². The van der Waals surface area contributed by atoms with Crippen LogP contribution in [-0.4, -0.2) is 13.2 Å². The average Bonchev–Trinajstić information content (AvgIpc) is 2.37. The maximum absolute atomic E-state index is 13.3. The molecule has 0 aliphatic rings. The van der Waals surface area contributed by atoms with Gasteiger partial charge in [-0.05, 0) is 42.7 Å². The molecule has 0 saturated heterocycles. The number of halogens is 1. The number of hydrogen-bond acceptors (Lipinski definition) is 2. The summed E-state index contributed by atoms with van der Waals surface area (Å²) in [6.07, 6.45) is 0.891. The fourth-order valence-corrected chi connectivity index (χ4v) is 1.60. The van der Waals surface area contributed by atoms with E-state index in [2.05, 4.69) is 25.7 Å². The SMILES string of the molecule is C=C(CC)COc1ccc(F)cc1CNCC(C)C. The number of ether oxygens (including phenoxy) is 1. The van der Waals surface area contributed by atoms with Crippen LogP contribution in [0, 0.1) is 11.7 Å². The summed E-state index contributed by atoms with van der Waals surface area (Å²) in [7, 11) is 0. The summed E-state index contributed by atoms with van der Waals surface area (Å²) in [5.41, 5.74) is 1.88. The van der Waals surface area contributed by atoms with Crippen LogP contribution in [0.5, 0.6) is 5.75 Å². The molecule has 3 heteroatoms. The summed E-state index contributed by atoms with van der Waals surface area (Å²) < 4.78 is 19.0. The summed E-state index contributed by atoms with van der Waals surface area (Å²) >= 11 is 0. The molecule has 0 bridgehead atoms. The van der Waals surface area contributed by atoms with Gasteiger partial charge in [-0.1, -0.05) is 27.4 Å². The van der Waals surface area contributed by atoms with Crippen LogP contribution in [0.4, 0.5) is 4.39 Å². The van der Waals surface area contributed by atoms with E-state index in [4.69, 9.17) is 4.74 Å². The van der Waals surface area contributed by atoms with E-state index in [1.54, 1.807) is 6.07 Å². The molecule has 0 spiro atoms. The van der Waals surface area contributed by atoms with Gasteiger partial charge >= 0.3 is 0 Å². The van der Waals surface area contributed by atoms with Gasteiger partial charge in [0.25, 0.3) is 0 Å². The van der Waals surface area contributed by atoms with Crippen LogP contribution in [0.3, 0.4) is 0 Å². The smallest absolute Gasteiger partial charge is 0.124 e. The largest absolute Gasteiger partial charge is 0.489 e. The van der Waals surface area contributed by atoms with Crippen molar-refractivity contribution in [3.63, 3.8) is 0 Å². The van der Waals surface area contributed by atoms with Crippen LogP contribution in [-0.2, 0) is 6.54 Å². The average molecular weight is 265 g/mol. The highest BCUT2D eigenvalue weighted by Crippen LogP contribution is 2.20. The van der Waals surface area contributed by atoms with Gasteiger partial charge in [-0.3, -0.25) is 0 Å². The first kappa shape index (κ1) is 15.7. The molecule has 1 aromatic rings. The number of nitrogens with one attached hydrogen (secondary N) is 1. The first-order valence-electron chi connectivity index (χ1n) is 6.81. The second kappa shape index (κ2) is 7.95. The van der Waals surface area contributed by atoms with Gasteiger partial charge in [-0.25, -0.2) is 4.39 Å². The lowest BCUT2D eigenvalue weighted by Crippen LogP contribution is -2.19. The monoisotopic (exact) mass is 265 g/mol. The predicted octanol–water partition coefficient (Wildman–Crippen LogP) is 3.92. The molecule has 0 atom stereocenters. The van der Waals surface area contributed by atoms with Crippen molar-refractivity contribution >= 4 is 0 Å². The van der Waals surface area contributed by atoms with Crippen LogP contribution >= 0.6 is 0 Å². The first-order chi connectivity index (χ1) is 9.02. The molecule has 0 aromatic heterocycles. The van der Waals surface area contributed by atoms with Gasteiger partial charge in [0, 0.05) is 12.1 Å². The third-order valence-corrected chi connectivity index (χ3v) is 2.82. The standard InChI is InChI=1S/C16H24FNO/c1-5-13(4)11-19-16-7-6-15(17)8-14(16)10-18-9-12(2)3/h6-8,12,18H,4-5,9-11H2,1-3H3. The molecule has 106 valence electrons. The number of rotatable bonds is 8. The van der Waals surface area contributed by atoms with Gasteiger partial charge in [0.05, 0.1) is 0 Å². The highest BCUT2D eigenvalue weighted by atomic mass is 19.1. The molecule has 19 heavy (non-hydrogen) atoms. The molecule has 0 saturated carbocycles. The van der Waals surface area contributed by atoms with Crippen LogP contribution < -0.4 is 10.1 Å². The van der Waals surface area contributed by atoms with Gasteiger partial charge in [-0.2, -0.15) is 0 Å². The lowest BCUT2D eigenvalue weighted by Gasteiger charge is -2.14. The van der Waals surface area contributed by atoms with E-state index in [1.807, 2.05) is 6.92 Å². The van der Waals surface area contributed by atoms with E-state index in [9.17, 15) is 4.39 Å². The normalized spacial score (nSPS) is 10.8. The highest BCUT2D eigenvalue weighted by molar-refractivity contribution is 5.34. The Bertz CT molecular complexity index is 415. The van der Waals surface area contributed by atoms with Crippen molar-refractivity contribution in [3.05, 3.63) is 41.7 Å². The summed E-state index contributed by atoms with van der Waals surface area (Å²) in [6.45, 7) is 12.2. The van der Waals surface area contributed by atoms with Gasteiger partial charge in [0.1, 0.15) is 18.2 Å². The van der Waals surface area contributed by atoms with Crippen molar-refractivity contribution in [1.29, 1.82) is 0 Å². The molecule has 0 radical (unpaired) electrons. The van der Waals surface area contributed by atoms with Crippen LogP contribution in [0.1, 0.15) is 32.8 Å². The minimum atomic E-state index is -0.233. The van der Waals surface area contributed by atoms with Crippen molar-refractivity contribution in [3.8, 4) is 5.75 Å². The Labute approximate surface area is 115 Å². The molecule has 0 amide bonds. The third kappa shape index (κ3) is 5.88. The van der Waals surface area contributed by atoms with Crippen molar-refractivity contribution in [2.75, 3.05) is 13.2 Å². The lowest BCUT2D eigenvalue weighted by atomic mass is 10.1. The first-order valence-corrected chi connectivity index (χ1v) is 6.81. The van der Waals surface area contributed by atoms with E-state index >= 15 is 0 Å². The van der Waals surface area contributed by atoms with Crippen molar-refractivity contribution in [2.45, 2.75) is 33.7 Å². The molecule has 0 heterocycles. The van der Waals surface area contributed by atoms with Crippen LogP contribution in [0.15, 0.2) is 30.4 Å². The quantitative estimate of drug-likeness (QED) is 0.719. The minimum Gasteiger partial charge on any atom is -0.489 e. The molecular formula is C16H24FNO. The fourth-order valence-electron chi connectivity index (χ4n) is 1.60. The maximum atomic E-state index is 13.3. The summed E-state index contributed by atoms with van der Waals surface area (Å²) in [6, 6.07) is 4.64. The zero-order chi connectivity index (χ0) is 14.3. The Morgan fingerprint density at radius 1 is 1.42 bits per heavy atom. The molecule has 1 N–H and O–H groups in total. The zero-order valence-corrected chi connectivity index (χ0v) is 12.1. The molecule has 0 aliphatic heterocycles. The Hall–Kier alpha value is -1.35. The van der Waals surface area contributed by atoms with Gasteiger partial charge in [0.2, 0.25) is 0 Å². The Balaban J connectivity index is 2.65. The molecule has 0 fully saturated rings. The van der Waals surface area contributed by atoms with E-state index < -0.39 is 0 Å². The molecule has 2 nitrogen and oxygen atoms in total. The van der Waals surface area contributed by atoms with Crippen LogP contribution in [0.2, 0.25) is 0 Å². The number of hydrogen-bond donors (Lipinski definition) is 1. The summed E-state index contributed by atoms with van der Waals surface area (Å²) in [5, 5.41) is 3.30. The van der Waals surface area contributed by atoms with E-state index in [0.29, 0.717) is 19.1 Å². The zero-order valence-electron chi connectivity index (χ0n) is 12.1. The van der Waals surface area contributed by atoms with E-state index in [0.717, 1.165) is 29.9 Å². The molecule has 0 aliphatic carbocycles. The molecule has 0 unspecified atom stereocenters. The van der Waals surface area contributed by atoms with E-state index in [1.165, 1.54) is 12.1 Å². The minimum absolute atomic E-state index is 0.233. The van der Waals surface area contributed by atoms with E-state index in [-0.39, 0.29) is 5.82 Å². The molecule has 1 aromatic carbocycles. The van der Waals surface area contributed by atoms with Crippen molar-refractivity contribution in [2.24, 2.45) is 5.92 Å². The summed E-state index contributed by atoms with van der Waals surface area (Å²) in [4.78, 5) is 0. The second-order valence-electron chi connectivity index (χ2n) is 5.17. The molecule has 1 rings (SSSR count). The maximum Gasteiger partial charge on any atom is 0.124 e. The summed E-state index contributed by atoms with van der Waals surface area (Å²) in [5.74, 6) is 1.06.